The molecule has 2 aromatic rings. The lowest BCUT2D eigenvalue weighted by Crippen LogP contribution is -2.52. The Balaban J connectivity index is 1.88. The standard InChI is InChI=1S/C25H32ClN3O4S/c1-18-8-6-13-23(14-18)29(34(3,32)33)17-24(30)28(16-20-9-7-10-21(26)15-20)19(2)25(31)27-22-11-4-5-12-22/h6-10,13-15,19,22H,4-5,11-12,16-17H2,1-3H3,(H,27,31)/t19-/m0/s1. The molecule has 0 heterocycles. The van der Waals surface area contributed by atoms with E-state index in [9.17, 15) is 18.0 Å². The Labute approximate surface area is 207 Å². The third-order valence-corrected chi connectivity index (χ3v) is 7.46. The van der Waals surface area contributed by atoms with Crippen molar-refractivity contribution in [1.82, 2.24) is 10.2 Å². The third kappa shape index (κ3) is 6.96. The molecule has 1 fully saturated rings. The minimum absolute atomic E-state index is 0.109. The average Bonchev–Trinajstić information content (AvgIpc) is 3.27. The Morgan fingerprint density at radius 1 is 1.12 bits per heavy atom. The second-order valence-electron chi connectivity index (χ2n) is 8.93. The van der Waals surface area contributed by atoms with Gasteiger partial charge in [0.15, 0.2) is 0 Å². The number of benzene rings is 2. The molecule has 2 aromatic carbocycles. The fourth-order valence-corrected chi connectivity index (χ4v) is 5.26. The summed E-state index contributed by atoms with van der Waals surface area (Å²) in [6.45, 7) is 3.24. The van der Waals surface area contributed by atoms with Gasteiger partial charge < -0.3 is 10.2 Å². The molecule has 1 aliphatic carbocycles. The molecule has 1 N–H and O–H groups in total. The van der Waals surface area contributed by atoms with Crippen LogP contribution in [0, 0.1) is 6.92 Å². The zero-order chi connectivity index (χ0) is 24.9. The molecule has 0 aromatic heterocycles. The second-order valence-corrected chi connectivity index (χ2v) is 11.3. The lowest BCUT2D eigenvalue weighted by molar-refractivity contribution is -0.139. The number of amides is 2. The SMILES string of the molecule is Cc1cccc(N(CC(=O)N(Cc2cccc(Cl)c2)[C@@H](C)C(=O)NC2CCCC2)S(C)(=O)=O)c1. The van der Waals surface area contributed by atoms with E-state index < -0.39 is 28.5 Å². The number of aryl methyl sites for hydroxylation is 1. The van der Waals surface area contributed by atoms with Crippen molar-refractivity contribution >= 4 is 39.1 Å². The van der Waals surface area contributed by atoms with Gasteiger partial charge in [0, 0.05) is 17.6 Å². The van der Waals surface area contributed by atoms with Crippen LogP contribution in [-0.2, 0) is 26.2 Å². The Hall–Kier alpha value is -2.58. The van der Waals surface area contributed by atoms with Gasteiger partial charge >= 0.3 is 0 Å². The lowest BCUT2D eigenvalue weighted by atomic mass is 10.1. The molecule has 7 nitrogen and oxygen atoms in total. The van der Waals surface area contributed by atoms with Gasteiger partial charge in [-0.25, -0.2) is 8.42 Å². The molecular weight excluding hydrogens is 474 g/mol. The van der Waals surface area contributed by atoms with E-state index >= 15 is 0 Å². The van der Waals surface area contributed by atoms with Crippen LogP contribution in [-0.4, -0.2) is 50.0 Å². The molecular formula is C25H32ClN3O4S. The van der Waals surface area contributed by atoms with Crippen molar-refractivity contribution in [1.29, 1.82) is 0 Å². The Morgan fingerprint density at radius 3 is 2.41 bits per heavy atom. The topological polar surface area (TPSA) is 86.8 Å². The van der Waals surface area contributed by atoms with Gasteiger partial charge in [-0.05, 0) is 62.1 Å². The molecule has 9 heteroatoms. The number of halogens is 1. The van der Waals surface area contributed by atoms with E-state index in [2.05, 4.69) is 5.32 Å². The number of anilines is 1. The maximum absolute atomic E-state index is 13.5. The molecule has 3 rings (SSSR count). The van der Waals surface area contributed by atoms with Crippen molar-refractivity contribution in [3.8, 4) is 0 Å². The second kappa shape index (κ2) is 11.2. The van der Waals surface area contributed by atoms with Crippen molar-refractivity contribution in [2.75, 3.05) is 17.1 Å². The zero-order valence-electron chi connectivity index (χ0n) is 19.8. The van der Waals surface area contributed by atoms with Crippen LogP contribution in [0.1, 0.15) is 43.7 Å². The smallest absolute Gasteiger partial charge is 0.244 e. The van der Waals surface area contributed by atoms with Gasteiger partial charge in [-0.2, -0.15) is 0 Å². The van der Waals surface area contributed by atoms with Crippen LogP contribution in [0.5, 0.6) is 0 Å². The summed E-state index contributed by atoms with van der Waals surface area (Å²) in [4.78, 5) is 28.0. The normalized spacial score (nSPS) is 15.1. The molecule has 0 aliphatic heterocycles. The van der Waals surface area contributed by atoms with E-state index in [1.807, 2.05) is 19.1 Å². The third-order valence-electron chi connectivity index (χ3n) is 6.08. The van der Waals surface area contributed by atoms with Crippen molar-refractivity contribution in [2.24, 2.45) is 0 Å². The highest BCUT2D eigenvalue weighted by atomic mass is 35.5. The number of hydrogen-bond donors (Lipinski definition) is 1. The highest BCUT2D eigenvalue weighted by molar-refractivity contribution is 7.92. The summed E-state index contributed by atoms with van der Waals surface area (Å²) in [5, 5.41) is 3.56. The van der Waals surface area contributed by atoms with Gasteiger partial charge in [-0.3, -0.25) is 13.9 Å². The van der Waals surface area contributed by atoms with E-state index in [-0.39, 0.29) is 18.5 Å². The molecule has 2 amide bonds. The number of rotatable bonds is 9. The summed E-state index contributed by atoms with van der Waals surface area (Å²) >= 11 is 6.13. The predicted molar refractivity (Wildman–Crippen MR) is 135 cm³/mol. The maximum atomic E-state index is 13.5. The number of sulfonamides is 1. The van der Waals surface area contributed by atoms with Crippen LogP contribution in [0.4, 0.5) is 5.69 Å². The summed E-state index contributed by atoms with van der Waals surface area (Å²) in [5.74, 6) is -0.718. The summed E-state index contributed by atoms with van der Waals surface area (Å²) in [5.41, 5.74) is 2.03. The van der Waals surface area contributed by atoms with Crippen molar-refractivity contribution in [3.05, 3.63) is 64.7 Å². The highest BCUT2D eigenvalue weighted by Crippen LogP contribution is 2.22. The minimum atomic E-state index is -3.74. The largest absolute Gasteiger partial charge is 0.352 e. The highest BCUT2D eigenvalue weighted by Gasteiger charge is 2.31. The first-order chi connectivity index (χ1) is 16.0. The lowest BCUT2D eigenvalue weighted by Gasteiger charge is -2.32. The molecule has 1 atom stereocenters. The molecule has 0 unspecified atom stereocenters. The number of carbonyl (C=O) groups is 2. The molecule has 0 bridgehead atoms. The number of carbonyl (C=O) groups excluding carboxylic acids is 2. The van der Waals surface area contributed by atoms with Gasteiger partial charge in [-0.15, -0.1) is 0 Å². The predicted octanol–water partition coefficient (Wildman–Crippen LogP) is 3.89. The van der Waals surface area contributed by atoms with Crippen molar-refractivity contribution in [3.63, 3.8) is 0 Å². The first kappa shape index (κ1) is 26.0. The zero-order valence-corrected chi connectivity index (χ0v) is 21.4. The quantitative estimate of drug-likeness (QED) is 0.560. The van der Waals surface area contributed by atoms with Crippen molar-refractivity contribution < 1.29 is 18.0 Å². The molecule has 0 spiro atoms. The molecule has 0 saturated heterocycles. The van der Waals surface area contributed by atoms with E-state index in [0.717, 1.165) is 47.4 Å². The Kier molecular flexibility index (Phi) is 8.60. The fourth-order valence-electron chi connectivity index (χ4n) is 4.20. The van der Waals surface area contributed by atoms with Crippen LogP contribution in [0.15, 0.2) is 48.5 Å². The Morgan fingerprint density at radius 2 is 1.79 bits per heavy atom. The van der Waals surface area contributed by atoms with E-state index in [1.54, 1.807) is 43.3 Å². The van der Waals surface area contributed by atoms with Crippen LogP contribution in [0.25, 0.3) is 0 Å². The molecule has 184 valence electrons. The monoisotopic (exact) mass is 505 g/mol. The maximum Gasteiger partial charge on any atom is 0.244 e. The van der Waals surface area contributed by atoms with Crippen LogP contribution in [0.2, 0.25) is 5.02 Å². The number of nitrogens with one attached hydrogen (secondary N) is 1. The van der Waals surface area contributed by atoms with Crippen LogP contribution in [0.3, 0.4) is 0 Å². The average molecular weight is 506 g/mol. The fraction of sp³-hybridized carbons (Fsp3) is 0.440. The van der Waals surface area contributed by atoms with E-state index in [1.165, 1.54) is 4.90 Å². The molecule has 1 aliphatic rings. The van der Waals surface area contributed by atoms with Crippen molar-refractivity contribution in [2.45, 2.75) is 58.2 Å². The summed E-state index contributed by atoms with van der Waals surface area (Å²) in [6.07, 6.45) is 5.07. The molecule has 34 heavy (non-hydrogen) atoms. The number of nitrogens with zero attached hydrogens (tertiary/aromatic N) is 2. The van der Waals surface area contributed by atoms with E-state index in [0.29, 0.717) is 10.7 Å². The summed E-state index contributed by atoms with van der Waals surface area (Å²) < 4.78 is 26.3. The van der Waals surface area contributed by atoms with Gasteiger partial charge in [0.05, 0.1) is 11.9 Å². The van der Waals surface area contributed by atoms with Gasteiger partial charge in [0.25, 0.3) is 0 Å². The number of hydrogen-bond acceptors (Lipinski definition) is 4. The molecule has 0 radical (unpaired) electrons. The first-order valence-corrected chi connectivity index (χ1v) is 13.7. The van der Waals surface area contributed by atoms with Crippen LogP contribution >= 0.6 is 11.6 Å². The summed E-state index contributed by atoms with van der Waals surface area (Å²) in [7, 11) is -3.74. The van der Waals surface area contributed by atoms with Crippen LogP contribution < -0.4 is 9.62 Å². The van der Waals surface area contributed by atoms with Gasteiger partial charge in [-0.1, -0.05) is 48.7 Å². The molecule has 1 saturated carbocycles. The Bertz CT molecular complexity index is 1130. The van der Waals surface area contributed by atoms with Gasteiger partial charge in [0.2, 0.25) is 21.8 Å². The summed E-state index contributed by atoms with van der Waals surface area (Å²) in [6, 6.07) is 13.4. The van der Waals surface area contributed by atoms with Gasteiger partial charge in [0.1, 0.15) is 12.6 Å². The minimum Gasteiger partial charge on any atom is -0.352 e. The van der Waals surface area contributed by atoms with E-state index in [4.69, 9.17) is 11.6 Å². The first-order valence-electron chi connectivity index (χ1n) is 11.4.